The quantitative estimate of drug-likeness (QED) is 0.846. The average Bonchev–Trinajstić information content (AvgIpc) is 2.87. The van der Waals surface area contributed by atoms with Crippen molar-refractivity contribution in [1.29, 1.82) is 0 Å². The van der Waals surface area contributed by atoms with E-state index >= 15 is 0 Å². The van der Waals surface area contributed by atoms with Gasteiger partial charge in [-0.05, 0) is 37.6 Å². The highest BCUT2D eigenvalue weighted by Crippen LogP contribution is 2.45. The van der Waals surface area contributed by atoms with E-state index in [1.165, 1.54) is 11.1 Å². The molecule has 1 saturated heterocycles. The molecule has 0 aliphatic carbocycles. The summed E-state index contributed by atoms with van der Waals surface area (Å²) in [6.45, 7) is 7.13. The first-order valence-electron chi connectivity index (χ1n) is 6.31. The normalized spacial score (nSPS) is 26.0. The number of carbonyl (C=O) groups excluding carboxylic acids is 1. The fraction of sp³-hybridized carbons (Fsp3) is 0.500. The van der Waals surface area contributed by atoms with E-state index in [2.05, 4.69) is 42.3 Å². The third-order valence-electron chi connectivity index (χ3n) is 4.26. The summed E-state index contributed by atoms with van der Waals surface area (Å²) in [5.41, 5.74) is 3.15. The molecule has 0 bridgehead atoms. The number of amides is 1. The lowest BCUT2D eigenvalue weighted by Crippen LogP contribution is -2.37. The summed E-state index contributed by atoms with van der Waals surface area (Å²) >= 11 is 0. The van der Waals surface area contributed by atoms with Crippen LogP contribution in [0.4, 0.5) is 5.69 Å². The highest BCUT2D eigenvalue weighted by molar-refractivity contribution is 6.07. The Hall–Kier alpha value is -1.06. The molecule has 1 atom stereocenters. The standard InChI is InChI=1S/C14H18N2O.ClH/c1-3-16-8-7-14(9-16)11-6-4-5-10(2)12(11)15-13(14)17;/h4-6H,3,7-9H2,1-2H3,(H,15,17);1H. The number of hydrogen-bond acceptors (Lipinski definition) is 2. The van der Waals surface area contributed by atoms with Crippen LogP contribution in [0.5, 0.6) is 0 Å². The van der Waals surface area contributed by atoms with E-state index in [4.69, 9.17) is 0 Å². The van der Waals surface area contributed by atoms with Crippen LogP contribution in [0, 0.1) is 6.92 Å². The van der Waals surface area contributed by atoms with Crippen LogP contribution in [0.3, 0.4) is 0 Å². The largest absolute Gasteiger partial charge is 0.325 e. The lowest BCUT2D eigenvalue weighted by atomic mass is 9.80. The maximum Gasteiger partial charge on any atom is 0.236 e. The molecule has 1 fully saturated rings. The van der Waals surface area contributed by atoms with Gasteiger partial charge in [-0.15, -0.1) is 12.4 Å². The summed E-state index contributed by atoms with van der Waals surface area (Å²) in [4.78, 5) is 14.7. The molecular weight excluding hydrogens is 248 g/mol. The number of nitrogens with zero attached hydrogens (tertiary/aromatic N) is 1. The number of likely N-dealkylation sites (N-methyl/N-ethyl adjacent to an activating group) is 1. The van der Waals surface area contributed by atoms with Crippen molar-refractivity contribution in [2.24, 2.45) is 0 Å². The third-order valence-corrected chi connectivity index (χ3v) is 4.26. The van der Waals surface area contributed by atoms with Crippen molar-refractivity contribution in [3.05, 3.63) is 29.3 Å². The molecule has 1 N–H and O–H groups in total. The van der Waals surface area contributed by atoms with Crippen LogP contribution in [0.15, 0.2) is 18.2 Å². The summed E-state index contributed by atoms with van der Waals surface area (Å²) in [5, 5.41) is 3.08. The Morgan fingerprint density at radius 3 is 2.89 bits per heavy atom. The maximum atomic E-state index is 12.3. The van der Waals surface area contributed by atoms with Gasteiger partial charge in [0, 0.05) is 12.2 Å². The van der Waals surface area contributed by atoms with E-state index in [-0.39, 0.29) is 23.7 Å². The summed E-state index contributed by atoms with van der Waals surface area (Å²) in [5.74, 6) is 0.192. The molecule has 0 saturated carbocycles. The van der Waals surface area contributed by atoms with Gasteiger partial charge >= 0.3 is 0 Å². The molecule has 3 rings (SSSR count). The van der Waals surface area contributed by atoms with Gasteiger partial charge in [0.15, 0.2) is 0 Å². The molecule has 1 aromatic rings. The molecular formula is C14H19ClN2O. The van der Waals surface area contributed by atoms with E-state index in [1.807, 2.05) is 0 Å². The van der Waals surface area contributed by atoms with Gasteiger partial charge in [-0.3, -0.25) is 4.79 Å². The van der Waals surface area contributed by atoms with Gasteiger partial charge < -0.3 is 10.2 Å². The second-order valence-electron chi connectivity index (χ2n) is 5.15. The van der Waals surface area contributed by atoms with Crippen LogP contribution in [0.25, 0.3) is 0 Å². The number of para-hydroxylation sites is 1. The van der Waals surface area contributed by atoms with Crippen LogP contribution in [-0.2, 0) is 10.2 Å². The molecule has 4 heteroatoms. The molecule has 0 radical (unpaired) electrons. The Bertz CT molecular complexity index is 489. The average molecular weight is 267 g/mol. The predicted molar refractivity (Wildman–Crippen MR) is 75.5 cm³/mol. The molecule has 0 aromatic heterocycles. The Morgan fingerprint density at radius 1 is 1.44 bits per heavy atom. The summed E-state index contributed by atoms with van der Waals surface area (Å²) in [6.07, 6.45) is 0.948. The molecule has 2 aliphatic heterocycles. The minimum atomic E-state index is -0.280. The van der Waals surface area contributed by atoms with Crippen molar-refractivity contribution in [3.63, 3.8) is 0 Å². The van der Waals surface area contributed by atoms with Gasteiger partial charge in [-0.2, -0.15) is 0 Å². The highest BCUT2D eigenvalue weighted by atomic mass is 35.5. The van der Waals surface area contributed by atoms with Crippen LogP contribution in [-0.4, -0.2) is 30.4 Å². The van der Waals surface area contributed by atoms with Crippen LogP contribution in [0.2, 0.25) is 0 Å². The van der Waals surface area contributed by atoms with E-state index in [9.17, 15) is 4.79 Å². The maximum absolute atomic E-state index is 12.3. The summed E-state index contributed by atoms with van der Waals surface area (Å²) < 4.78 is 0. The molecule has 1 unspecified atom stereocenters. The van der Waals surface area contributed by atoms with Gasteiger partial charge in [0.05, 0.1) is 5.41 Å². The fourth-order valence-corrected chi connectivity index (χ4v) is 3.15. The number of nitrogens with one attached hydrogen (secondary N) is 1. The predicted octanol–water partition coefficient (Wildman–Crippen LogP) is 2.33. The molecule has 2 heterocycles. The van der Waals surface area contributed by atoms with Crippen molar-refractivity contribution in [1.82, 2.24) is 4.90 Å². The lowest BCUT2D eigenvalue weighted by molar-refractivity contribution is -0.120. The number of aryl methyl sites for hydroxylation is 1. The Kier molecular flexibility index (Phi) is 3.39. The first-order valence-corrected chi connectivity index (χ1v) is 6.31. The zero-order valence-corrected chi connectivity index (χ0v) is 11.6. The van der Waals surface area contributed by atoms with Gasteiger partial charge in [0.25, 0.3) is 0 Å². The number of rotatable bonds is 1. The Labute approximate surface area is 114 Å². The van der Waals surface area contributed by atoms with E-state index in [0.717, 1.165) is 31.7 Å². The molecule has 1 amide bonds. The molecule has 1 aromatic carbocycles. The molecule has 18 heavy (non-hydrogen) atoms. The minimum absolute atomic E-state index is 0. The smallest absolute Gasteiger partial charge is 0.236 e. The van der Waals surface area contributed by atoms with Crippen LogP contribution in [0.1, 0.15) is 24.5 Å². The number of hydrogen-bond donors (Lipinski definition) is 1. The number of benzene rings is 1. The zero-order chi connectivity index (χ0) is 12.0. The second-order valence-corrected chi connectivity index (χ2v) is 5.15. The van der Waals surface area contributed by atoms with Crippen molar-refractivity contribution in [3.8, 4) is 0 Å². The van der Waals surface area contributed by atoms with Gasteiger partial charge in [0.2, 0.25) is 5.91 Å². The highest BCUT2D eigenvalue weighted by Gasteiger charge is 2.50. The fourth-order valence-electron chi connectivity index (χ4n) is 3.15. The topological polar surface area (TPSA) is 32.3 Å². The molecule has 1 spiro atoms. The van der Waals surface area contributed by atoms with Crippen molar-refractivity contribution in [2.75, 3.05) is 25.0 Å². The van der Waals surface area contributed by atoms with Gasteiger partial charge in [-0.1, -0.05) is 25.1 Å². The summed E-state index contributed by atoms with van der Waals surface area (Å²) in [7, 11) is 0. The van der Waals surface area contributed by atoms with E-state index < -0.39 is 0 Å². The SMILES string of the molecule is CCN1CCC2(C1)C(=O)Nc1c(C)cccc12.Cl. The van der Waals surface area contributed by atoms with Crippen LogP contribution >= 0.6 is 12.4 Å². The first-order chi connectivity index (χ1) is 8.17. The van der Waals surface area contributed by atoms with Gasteiger partial charge in [-0.25, -0.2) is 0 Å². The Morgan fingerprint density at radius 2 is 2.22 bits per heavy atom. The third kappa shape index (κ3) is 1.65. The van der Waals surface area contributed by atoms with Crippen molar-refractivity contribution >= 4 is 24.0 Å². The van der Waals surface area contributed by atoms with E-state index in [1.54, 1.807) is 0 Å². The Balaban J connectivity index is 0.00000120. The summed E-state index contributed by atoms with van der Waals surface area (Å²) in [6, 6.07) is 6.23. The number of halogens is 1. The number of fused-ring (bicyclic) bond motifs is 2. The zero-order valence-electron chi connectivity index (χ0n) is 10.8. The van der Waals surface area contributed by atoms with Crippen molar-refractivity contribution < 1.29 is 4.79 Å². The van der Waals surface area contributed by atoms with Gasteiger partial charge in [0.1, 0.15) is 0 Å². The number of carbonyl (C=O) groups is 1. The van der Waals surface area contributed by atoms with E-state index in [0.29, 0.717) is 0 Å². The van der Waals surface area contributed by atoms with Crippen molar-refractivity contribution in [2.45, 2.75) is 25.7 Å². The minimum Gasteiger partial charge on any atom is -0.325 e. The first kappa shape index (κ1) is 13.4. The number of likely N-dealkylation sites (tertiary alicyclic amines) is 1. The van der Waals surface area contributed by atoms with Crippen LogP contribution < -0.4 is 5.32 Å². The lowest BCUT2D eigenvalue weighted by Gasteiger charge is -2.22. The molecule has 98 valence electrons. The molecule has 2 aliphatic rings. The molecule has 3 nitrogen and oxygen atoms in total. The second kappa shape index (κ2) is 4.56. The monoisotopic (exact) mass is 266 g/mol. The number of anilines is 1.